The van der Waals surface area contributed by atoms with E-state index in [2.05, 4.69) is 5.32 Å². The van der Waals surface area contributed by atoms with Gasteiger partial charge in [-0.15, -0.1) is 0 Å². The number of rotatable bonds is 8. The van der Waals surface area contributed by atoms with Crippen LogP contribution in [0.25, 0.3) is 10.9 Å². The Kier molecular flexibility index (Phi) is 8.12. The summed E-state index contributed by atoms with van der Waals surface area (Å²) in [6, 6.07) is 22.9. The first-order chi connectivity index (χ1) is 18.8. The van der Waals surface area contributed by atoms with Gasteiger partial charge in [-0.1, -0.05) is 54.2 Å². The first kappa shape index (κ1) is 27.1. The van der Waals surface area contributed by atoms with Crippen LogP contribution in [0.2, 0.25) is 0 Å². The van der Waals surface area contributed by atoms with E-state index in [0.717, 1.165) is 5.56 Å². The number of aromatic nitrogens is 2. The summed E-state index contributed by atoms with van der Waals surface area (Å²) >= 11 is 1.20. The number of carbonyl (C=O) groups excluding carboxylic acids is 1. The molecular weight excluding hydrogens is 536 g/mol. The lowest BCUT2D eigenvalue weighted by Crippen LogP contribution is -2.40. The highest BCUT2D eigenvalue weighted by atomic mass is 32.2. The number of hydrogen-bond acceptors (Lipinski definition) is 7. The van der Waals surface area contributed by atoms with Crippen LogP contribution in [0.4, 0.5) is 5.69 Å². The molecule has 2 heterocycles. The summed E-state index contributed by atoms with van der Waals surface area (Å²) in [5, 5.41) is 3.21. The second-order valence-corrected chi connectivity index (χ2v) is 12.3. The summed E-state index contributed by atoms with van der Waals surface area (Å²) in [6.07, 6.45) is 0. The summed E-state index contributed by atoms with van der Waals surface area (Å²) in [6.45, 7) is 3.43. The Labute approximate surface area is 230 Å². The summed E-state index contributed by atoms with van der Waals surface area (Å²) in [4.78, 5) is 31.3. The number of sulfonamides is 1. The predicted octanol–water partition coefficient (Wildman–Crippen LogP) is 3.59. The van der Waals surface area contributed by atoms with E-state index in [0.29, 0.717) is 54.6 Å². The molecule has 0 unspecified atom stereocenters. The summed E-state index contributed by atoms with van der Waals surface area (Å²) in [7, 11) is -3.62. The van der Waals surface area contributed by atoms with Crippen molar-refractivity contribution in [1.82, 2.24) is 13.9 Å². The van der Waals surface area contributed by atoms with E-state index in [-0.39, 0.29) is 16.4 Å². The van der Waals surface area contributed by atoms with Crippen LogP contribution in [0.5, 0.6) is 0 Å². The molecular formula is C28H28N4O5S2. The molecule has 1 aliphatic rings. The van der Waals surface area contributed by atoms with E-state index >= 15 is 0 Å². The van der Waals surface area contributed by atoms with Crippen LogP contribution >= 0.6 is 11.8 Å². The SMILES string of the molecule is C[C@@H](Sc1nc2ccccc2c(=O)n1Cc1ccccc1)C(=O)Nc1ccc(S(=O)(=O)N2CCOCC2)cc1. The maximum atomic E-state index is 13.4. The number of benzene rings is 3. The van der Waals surface area contributed by atoms with Crippen LogP contribution in [-0.4, -0.2) is 59.7 Å². The Bertz CT molecular complexity index is 1630. The minimum absolute atomic E-state index is 0.162. The number of anilines is 1. The topological polar surface area (TPSA) is 111 Å². The Morgan fingerprint density at radius 3 is 2.38 bits per heavy atom. The maximum absolute atomic E-state index is 13.4. The third kappa shape index (κ3) is 6.06. The first-order valence-electron chi connectivity index (χ1n) is 12.5. The molecule has 1 amide bonds. The smallest absolute Gasteiger partial charge is 0.262 e. The third-order valence-corrected chi connectivity index (χ3v) is 9.39. The quantitative estimate of drug-likeness (QED) is 0.257. The van der Waals surface area contributed by atoms with Gasteiger partial charge in [-0.3, -0.25) is 14.2 Å². The minimum atomic E-state index is -3.62. The summed E-state index contributed by atoms with van der Waals surface area (Å²) in [5.41, 5.74) is 1.82. The molecule has 39 heavy (non-hydrogen) atoms. The van der Waals surface area contributed by atoms with Crippen molar-refractivity contribution in [2.24, 2.45) is 0 Å². The molecule has 202 valence electrons. The Hall–Kier alpha value is -3.51. The molecule has 0 saturated carbocycles. The van der Waals surface area contributed by atoms with Gasteiger partial charge in [-0.25, -0.2) is 13.4 Å². The van der Waals surface area contributed by atoms with E-state index in [9.17, 15) is 18.0 Å². The van der Waals surface area contributed by atoms with E-state index < -0.39 is 15.3 Å². The van der Waals surface area contributed by atoms with Crippen LogP contribution in [-0.2, 0) is 26.1 Å². The molecule has 9 nitrogen and oxygen atoms in total. The number of ether oxygens (including phenoxy) is 1. The molecule has 1 atom stereocenters. The number of fused-ring (bicyclic) bond motifs is 1. The van der Waals surface area contributed by atoms with Crippen LogP contribution in [0.15, 0.2) is 93.7 Å². The molecule has 1 aromatic heterocycles. The summed E-state index contributed by atoms with van der Waals surface area (Å²) < 4.78 is 34.0. The molecule has 0 bridgehead atoms. The van der Waals surface area contributed by atoms with Gasteiger partial charge >= 0.3 is 0 Å². The highest BCUT2D eigenvalue weighted by molar-refractivity contribution is 8.00. The van der Waals surface area contributed by atoms with Crippen LogP contribution in [0.3, 0.4) is 0 Å². The Morgan fingerprint density at radius 1 is 1.00 bits per heavy atom. The zero-order valence-corrected chi connectivity index (χ0v) is 23.0. The molecule has 0 aliphatic carbocycles. The molecule has 1 saturated heterocycles. The van der Waals surface area contributed by atoms with Crippen molar-refractivity contribution in [2.75, 3.05) is 31.6 Å². The fourth-order valence-corrected chi connectivity index (χ4v) is 6.56. The fraction of sp³-hybridized carbons (Fsp3) is 0.250. The third-order valence-electron chi connectivity index (χ3n) is 6.39. The van der Waals surface area contributed by atoms with Gasteiger partial charge in [-0.05, 0) is 48.9 Å². The highest BCUT2D eigenvalue weighted by Gasteiger charge is 2.26. The van der Waals surface area contributed by atoms with Crippen LogP contribution in [0, 0.1) is 0 Å². The van der Waals surface area contributed by atoms with Crippen molar-refractivity contribution in [3.8, 4) is 0 Å². The zero-order chi connectivity index (χ0) is 27.4. The van der Waals surface area contributed by atoms with Crippen molar-refractivity contribution in [3.05, 3.63) is 94.8 Å². The van der Waals surface area contributed by atoms with E-state index in [4.69, 9.17) is 9.72 Å². The lowest BCUT2D eigenvalue weighted by molar-refractivity contribution is -0.115. The highest BCUT2D eigenvalue weighted by Crippen LogP contribution is 2.25. The first-order valence-corrected chi connectivity index (χ1v) is 14.8. The fourth-order valence-electron chi connectivity index (χ4n) is 4.24. The maximum Gasteiger partial charge on any atom is 0.262 e. The zero-order valence-electron chi connectivity index (χ0n) is 21.3. The second-order valence-electron chi connectivity index (χ2n) is 9.08. The van der Waals surface area contributed by atoms with Crippen molar-refractivity contribution in [3.63, 3.8) is 0 Å². The number of amides is 1. The Balaban J connectivity index is 1.33. The molecule has 4 aromatic rings. The number of morpholine rings is 1. The van der Waals surface area contributed by atoms with Crippen LogP contribution in [0.1, 0.15) is 12.5 Å². The molecule has 0 radical (unpaired) electrons. The molecule has 3 aromatic carbocycles. The van der Waals surface area contributed by atoms with Crippen molar-refractivity contribution < 1.29 is 17.9 Å². The average Bonchev–Trinajstić information content (AvgIpc) is 2.96. The minimum Gasteiger partial charge on any atom is -0.379 e. The van der Waals surface area contributed by atoms with Gasteiger partial charge in [0.15, 0.2) is 5.16 Å². The average molecular weight is 565 g/mol. The molecule has 1 aliphatic heterocycles. The molecule has 1 N–H and O–H groups in total. The largest absolute Gasteiger partial charge is 0.379 e. The van der Waals surface area contributed by atoms with E-state index in [1.54, 1.807) is 41.8 Å². The van der Waals surface area contributed by atoms with Gasteiger partial charge in [0, 0.05) is 18.8 Å². The molecule has 1 fully saturated rings. The van der Waals surface area contributed by atoms with Gasteiger partial charge in [0.2, 0.25) is 15.9 Å². The number of hydrogen-bond donors (Lipinski definition) is 1. The number of para-hydroxylation sites is 1. The molecule has 11 heteroatoms. The van der Waals surface area contributed by atoms with Gasteiger partial charge in [-0.2, -0.15) is 4.31 Å². The normalized spacial score (nSPS) is 15.2. The predicted molar refractivity (Wildman–Crippen MR) is 152 cm³/mol. The van der Waals surface area contributed by atoms with E-state index in [1.807, 2.05) is 36.4 Å². The Morgan fingerprint density at radius 2 is 1.67 bits per heavy atom. The number of thioether (sulfide) groups is 1. The van der Waals surface area contributed by atoms with Gasteiger partial charge < -0.3 is 10.1 Å². The van der Waals surface area contributed by atoms with Crippen LogP contribution < -0.4 is 10.9 Å². The molecule has 5 rings (SSSR count). The lowest BCUT2D eigenvalue weighted by Gasteiger charge is -2.26. The van der Waals surface area contributed by atoms with Crippen molar-refractivity contribution in [2.45, 2.75) is 28.8 Å². The van der Waals surface area contributed by atoms with Crippen molar-refractivity contribution in [1.29, 1.82) is 0 Å². The summed E-state index contributed by atoms with van der Waals surface area (Å²) in [5.74, 6) is -0.294. The lowest BCUT2D eigenvalue weighted by atomic mass is 10.2. The number of nitrogens with one attached hydrogen (secondary N) is 1. The second kappa shape index (κ2) is 11.7. The monoisotopic (exact) mass is 564 g/mol. The molecule has 0 spiro atoms. The van der Waals surface area contributed by atoms with E-state index in [1.165, 1.54) is 28.2 Å². The van der Waals surface area contributed by atoms with Gasteiger partial charge in [0.1, 0.15) is 0 Å². The van der Waals surface area contributed by atoms with Gasteiger partial charge in [0.05, 0.1) is 40.8 Å². The number of nitrogens with zero attached hydrogens (tertiary/aromatic N) is 3. The standard InChI is InChI=1S/C28H28N4O5S2/c1-20(26(33)29-22-11-13-23(14-12-22)39(35,36)31-15-17-37-18-16-31)38-28-30-25-10-6-5-9-24(25)27(34)32(28)19-21-7-3-2-4-8-21/h2-14,20H,15-19H2,1H3,(H,29,33)/t20-/m1/s1. The van der Waals surface area contributed by atoms with Crippen molar-refractivity contribution >= 4 is 44.3 Å². The van der Waals surface area contributed by atoms with Gasteiger partial charge in [0.25, 0.3) is 5.56 Å². The number of carbonyl (C=O) groups is 1.